The first kappa shape index (κ1) is 18.1. The Bertz CT molecular complexity index is 809. The van der Waals surface area contributed by atoms with Crippen molar-refractivity contribution >= 4 is 11.7 Å². The summed E-state index contributed by atoms with van der Waals surface area (Å²) in [6.07, 6.45) is 0. The molecule has 1 aromatic carbocycles. The van der Waals surface area contributed by atoms with Crippen LogP contribution in [-0.2, 0) is 17.9 Å². The third-order valence-corrected chi connectivity index (χ3v) is 4.73. The molecular weight excluding hydrogens is 334 g/mol. The number of carbonyl (C=O) groups is 1. The van der Waals surface area contributed by atoms with E-state index in [2.05, 4.69) is 29.1 Å². The van der Waals surface area contributed by atoms with Gasteiger partial charge >= 0.3 is 5.82 Å². The highest BCUT2D eigenvalue weighted by molar-refractivity contribution is 5.76. The number of aryl methyl sites for hydroxylation is 2. The van der Waals surface area contributed by atoms with E-state index in [9.17, 15) is 14.9 Å². The summed E-state index contributed by atoms with van der Waals surface area (Å²) in [5.74, 6) is -0.277. The van der Waals surface area contributed by atoms with E-state index in [0.717, 1.165) is 19.6 Å². The van der Waals surface area contributed by atoms with Gasteiger partial charge in [-0.3, -0.25) is 9.69 Å². The van der Waals surface area contributed by atoms with Gasteiger partial charge in [0, 0.05) is 32.7 Å². The smallest absolute Gasteiger partial charge is 0.345 e. The van der Waals surface area contributed by atoms with Crippen LogP contribution >= 0.6 is 0 Å². The number of piperazine rings is 1. The summed E-state index contributed by atoms with van der Waals surface area (Å²) in [5.41, 5.74) is 3.11. The van der Waals surface area contributed by atoms with E-state index >= 15 is 0 Å². The van der Waals surface area contributed by atoms with Crippen LogP contribution in [0.3, 0.4) is 0 Å². The van der Waals surface area contributed by atoms with Crippen molar-refractivity contribution in [2.75, 3.05) is 26.2 Å². The fourth-order valence-electron chi connectivity index (χ4n) is 3.21. The number of nitrogens with zero attached hydrogens (tertiary/aromatic N) is 5. The summed E-state index contributed by atoms with van der Waals surface area (Å²) < 4.78 is 1.18. The molecule has 138 valence electrons. The largest absolute Gasteiger partial charge is 0.358 e. The Morgan fingerprint density at radius 2 is 1.88 bits per heavy atom. The third kappa shape index (κ3) is 4.08. The van der Waals surface area contributed by atoms with E-state index in [4.69, 9.17) is 0 Å². The highest BCUT2D eigenvalue weighted by Gasteiger charge is 2.26. The number of rotatable bonds is 5. The van der Waals surface area contributed by atoms with Crippen molar-refractivity contribution in [1.82, 2.24) is 19.6 Å². The molecule has 26 heavy (non-hydrogen) atoms. The molecule has 0 spiro atoms. The summed E-state index contributed by atoms with van der Waals surface area (Å²) >= 11 is 0. The maximum Gasteiger partial charge on any atom is 0.345 e. The summed E-state index contributed by atoms with van der Waals surface area (Å²) in [6, 6.07) is 9.69. The van der Waals surface area contributed by atoms with Crippen LogP contribution in [0.25, 0.3) is 0 Å². The molecular formula is C18H23N5O3. The van der Waals surface area contributed by atoms with Gasteiger partial charge in [-0.05, 0) is 29.9 Å². The van der Waals surface area contributed by atoms with Gasteiger partial charge < -0.3 is 15.0 Å². The molecule has 0 atom stereocenters. The van der Waals surface area contributed by atoms with E-state index in [0.29, 0.717) is 18.8 Å². The number of amides is 1. The van der Waals surface area contributed by atoms with Crippen molar-refractivity contribution in [1.29, 1.82) is 0 Å². The lowest BCUT2D eigenvalue weighted by Crippen LogP contribution is -2.49. The normalized spacial score (nSPS) is 15.2. The van der Waals surface area contributed by atoms with E-state index < -0.39 is 4.92 Å². The van der Waals surface area contributed by atoms with E-state index in [1.54, 1.807) is 11.8 Å². The fraction of sp³-hybridized carbons (Fsp3) is 0.444. The molecule has 0 saturated carbocycles. The predicted octanol–water partition coefficient (Wildman–Crippen LogP) is 1.75. The van der Waals surface area contributed by atoms with Gasteiger partial charge in [0.15, 0.2) is 6.54 Å². The molecule has 0 unspecified atom stereocenters. The first-order valence-electron chi connectivity index (χ1n) is 8.67. The van der Waals surface area contributed by atoms with Gasteiger partial charge in [0.1, 0.15) is 0 Å². The second kappa shape index (κ2) is 7.65. The second-order valence-electron chi connectivity index (χ2n) is 6.64. The summed E-state index contributed by atoms with van der Waals surface area (Å²) in [4.78, 5) is 27.1. The quantitative estimate of drug-likeness (QED) is 0.601. The molecule has 1 amide bonds. The maximum atomic E-state index is 12.5. The first-order chi connectivity index (χ1) is 12.4. The van der Waals surface area contributed by atoms with Gasteiger partial charge in [-0.1, -0.05) is 29.4 Å². The third-order valence-electron chi connectivity index (χ3n) is 4.73. The Balaban J connectivity index is 1.56. The monoisotopic (exact) mass is 357 g/mol. The first-order valence-corrected chi connectivity index (χ1v) is 8.67. The van der Waals surface area contributed by atoms with Crippen LogP contribution in [0.1, 0.15) is 16.8 Å². The van der Waals surface area contributed by atoms with E-state index in [1.165, 1.54) is 21.9 Å². The molecule has 1 fully saturated rings. The minimum atomic E-state index is -0.507. The molecule has 1 saturated heterocycles. The minimum Gasteiger partial charge on any atom is -0.358 e. The lowest BCUT2D eigenvalue weighted by atomic mass is 10.1. The Kier molecular flexibility index (Phi) is 5.32. The van der Waals surface area contributed by atoms with Gasteiger partial charge in [-0.2, -0.15) is 0 Å². The van der Waals surface area contributed by atoms with Crippen molar-refractivity contribution in [3.8, 4) is 0 Å². The topological polar surface area (TPSA) is 84.5 Å². The van der Waals surface area contributed by atoms with Gasteiger partial charge in [-0.15, -0.1) is 4.68 Å². The number of hydrogen-bond donors (Lipinski definition) is 0. The van der Waals surface area contributed by atoms with Crippen molar-refractivity contribution in [2.45, 2.75) is 26.9 Å². The lowest BCUT2D eigenvalue weighted by molar-refractivity contribution is -0.392. The van der Waals surface area contributed by atoms with Crippen molar-refractivity contribution < 1.29 is 9.72 Å². The van der Waals surface area contributed by atoms with Crippen LogP contribution in [0.2, 0.25) is 0 Å². The average molecular weight is 357 g/mol. The zero-order valence-corrected chi connectivity index (χ0v) is 15.1. The molecule has 3 rings (SSSR count). The van der Waals surface area contributed by atoms with Crippen LogP contribution in [0.4, 0.5) is 5.82 Å². The number of aromatic nitrogens is 2. The Hall–Kier alpha value is -2.74. The molecule has 8 nitrogen and oxygen atoms in total. The predicted molar refractivity (Wildman–Crippen MR) is 96.7 cm³/mol. The molecule has 0 N–H and O–H groups in total. The zero-order valence-electron chi connectivity index (χ0n) is 15.1. The Labute approximate surface area is 152 Å². The fourth-order valence-corrected chi connectivity index (χ4v) is 3.21. The molecule has 2 heterocycles. The van der Waals surface area contributed by atoms with Crippen LogP contribution in [-0.4, -0.2) is 56.6 Å². The van der Waals surface area contributed by atoms with Crippen molar-refractivity contribution in [2.24, 2.45) is 0 Å². The Morgan fingerprint density at radius 1 is 1.19 bits per heavy atom. The molecule has 0 bridgehead atoms. The van der Waals surface area contributed by atoms with Crippen LogP contribution in [0.15, 0.2) is 30.3 Å². The maximum absolute atomic E-state index is 12.5. The summed E-state index contributed by atoms with van der Waals surface area (Å²) in [6.45, 7) is 7.39. The molecule has 8 heteroatoms. The molecule has 0 radical (unpaired) electrons. The highest BCUT2D eigenvalue weighted by atomic mass is 16.6. The number of hydrogen-bond acceptors (Lipinski definition) is 5. The number of carbonyl (C=O) groups excluding carboxylic acids is 1. The molecule has 0 aliphatic carbocycles. The minimum absolute atomic E-state index is 0.0953. The summed E-state index contributed by atoms with van der Waals surface area (Å²) in [7, 11) is 0. The van der Waals surface area contributed by atoms with Gasteiger partial charge in [0.05, 0.1) is 11.8 Å². The van der Waals surface area contributed by atoms with Crippen LogP contribution < -0.4 is 0 Å². The zero-order chi connectivity index (χ0) is 18.7. The summed E-state index contributed by atoms with van der Waals surface area (Å²) in [5, 5.41) is 15.1. The SMILES string of the molecule is Cc1cc([N+](=O)[O-])n(CC(=O)N2CCN(Cc3ccccc3C)CC2)n1. The number of benzene rings is 1. The molecule has 2 aromatic rings. The average Bonchev–Trinajstić information content (AvgIpc) is 2.98. The van der Waals surface area contributed by atoms with E-state index in [-0.39, 0.29) is 18.3 Å². The van der Waals surface area contributed by atoms with Gasteiger partial charge in [0.2, 0.25) is 0 Å². The van der Waals surface area contributed by atoms with Crippen molar-refractivity contribution in [3.05, 3.63) is 57.3 Å². The standard InChI is InChI=1S/C18H23N5O3/c1-14-5-3-4-6-16(14)12-20-7-9-21(10-8-20)18(24)13-22-17(23(25)26)11-15(2)19-22/h3-6,11H,7-10,12-13H2,1-2H3. The molecule has 1 aliphatic heterocycles. The second-order valence-corrected chi connectivity index (χ2v) is 6.64. The van der Waals surface area contributed by atoms with Crippen LogP contribution in [0, 0.1) is 24.0 Å². The molecule has 1 aliphatic rings. The van der Waals surface area contributed by atoms with E-state index in [1.807, 2.05) is 12.1 Å². The van der Waals surface area contributed by atoms with Gasteiger partial charge in [0.25, 0.3) is 5.91 Å². The molecule has 1 aromatic heterocycles. The lowest BCUT2D eigenvalue weighted by Gasteiger charge is -2.34. The van der Waals surface area contributed by atoms with Crippen molar-refractivity contribution in [3.63, 3.8) is 0 Å². The van der Waals surface area contributed by atoms with Crippen LogP contribution in [0.5, 0.6) is 0 Å². The highest BCUT2D eigenvalue weighted by Crippen LogP contribution is 2.15. The Morgan fingerprint density at radius 3 is 2.54 bits per heavy atom. The van der Waals surface area contributed by atoms with Gasteiger partial charge in [-0.25, -0.2) is 0 Å². The number of nitro groups is 1.